The van der Waals surface area contributed by atoms with Crippen LogP contribution in [0.1, 0.15) is 20.7 Å². The number of benzene rings is 1. The molecule has 2 rings (SSSR count). The Labute approximate surface area is 107 Å². The maximum absolute atomic E-state index is 11.8. The molecule has 0 aliphatic rings. The molecule has 0 saturated carbocycles. The Hall–Kier alpha value is -2.89. The molecule has 0 aliphatic heterocycles. The molecule has 0 unspecified atom stereocenters. The Morgan fingerprint density at radius 3 is 2.32 bits per heavy atom. The van der Waals surface area contributed by atoms with Gasteiger partial charge in [0.05, 0.1) is 5.56 Å². The average Bonchev–Trinajstić information content (AvgIpc) is 2.39. The first-order chi connectivity index (χ1) is 9.06. The van der Waals surface area contributed by atoms with Crippen LogP contribution in [0.15, 0.2) is 47.4 Å². The molecule has 0 fully saturated rings. The highest BCUT2D eigenvalue weighted by molar-refractivity contribution is 6.04. The molecule has 0 spiro atoms. The molecule has 1 aromatic carbocycles. The third-order valence-corrected chi connectivity index (χ3v) is 2.43. The molecule has 0 bridgehead atoms. The first-order valence-electron chi connectivity index (χ1n) is 5.40. The molecule has 6 nitrogen and oxygen atoms in total. The number of aromatic amines is 1. The minimum Gasteiger partial charge on any atom is -0.478 e. The number of anilines is 1. The summed E-state index contributed by atoms with van der Waals surface area (Å²) in [5.41, 5.74) is 0.448. The van der Waals surface area contributed by atoms with Gasteiger partial charge in [-0.2, -0.15) is 0 Å². The molecule has 19 heavy (non-hydrogen) atoms. The number of carboxylic acid groups (broad SMARTS) is 1. The minimum atomic E-state index is -1.03. The quantitative estimate of drug-likeness (QED) is 0.773. The van der Waals surface area contributed by atoms with Crippen molar-refractivity contribution in [3.63, 3.8) is 0 Å². The van der Waals surface area contributed by atoms with E-state index in [9.17, 15) is 14.4 Å². The Morgan fingerprint density at radius 2 is 1.74 bits per heavy atom. The number of amides is 1. The largest absolute Gasteiger partial charge is 0.478 e. The van der Waals surface area contributed by atoms with Crippen LogP contribution in [-0.4, -0.2) is 22.0 Å². The van der Waals surface area contributed by atoms with E-state index in [1.807, 2.05) is 0 Å². The lowest BCUT2D eigenvalue weighted by molar-refractivity contribution is 0.0696. The fraction of sp³-hybridized carbons (Fsp3) is 0. The van der Waals surface area contributed by atoms with E-state index in [0.717, 1.165) is 0 Å². The van der Waals surface area contributed by atoms with E-state index in [1.54, 1.807) is 0 Å². The summed E-state index contributed by atoms with van der Waals surface area (Å²) in [5, 5.41) is 11.3. The van der Waals surface area contributed by atoms with E-state index < -0.39 is 11.9 Å². The number of carbonyl (C=O) groups is 2. The third-order valence-electron chi connectivity index (χ3n) is 2.43. The molecule has 96 valence electrons. The van der Waals surface area contributed by atoms with Crippen molar-refractivity contribution in [1.29, 1.82) is 0 Å². The fourth-order valence-corrected chi connectivity index (χ4v) is 1.49. The summed E-state index contributed by atoms with van der Waals surface area (Å²) in [6.07, 6.45) is 1.38. The van der Waals surface area contributed by atoms with E-state index in [0.29, 0.717) is 5.69 Å². The molecule has 0 aliphatic carbocycles. The molecule has 6 heteroatoms. The number of H-pyrrole nitrogens is 1. The van der Waals surface area contributed by atoms with Crippen molar-refractivity contribution in [2.75, 3.05) is 5.32 Å². The van der Waals surface area contributed by atoms with Crippen LogP contribution in [0.25, 0.3) is 0 Å². The number of carboxylic acids is 1. The van der Waals surface area contributed by atoms with Crippen molar-refractivity contribution in [1.82, 2.24) is 4.98 Å². The summed E-state index contributed by atoms with van der Waals surface area (Å²) >= 11 is 0. The summed E-state index contributed by atoms with van der Waals surface area (Å²) in [6.45, 7) is 0. The van der Waals surface area contributed by atoms with Gasteiger partial charge in [0.25, 0.3) is 5.91 Å². The summed E-state index contributed by atoms with van der Waals surface area (Å²) < 4.78 is 0. The zero-order valence-electron chi connectivity index (χ0n) is 9.71. The number of aromatic nitrogens is 1. The van der Waals surface area contributed by atoms with Crippen molar-refractivity contribution in [2.24, 2.45) is 0 Å². The van der Waals surface area contributed by atoms with E-state index in [4.69, 9.17) is 5.11 Å². The lowest BCUT2D eigenvalue weighted by Gasteiger charge is -2.05. The van der Waals surface area contributed by atoms with Crippen LogP contribution in [0, 0.1) is 0 Å². The van der Waals surface area contributed by atoms with E-state index >= 15 is 0 Å². The predicted octanol–water partition coefficient (Wildman–Crippen LogP) is 1.33. The first-order valence-corrected chi connectivity index (χ1v) is 5.40. The second kappa shape index (κ2) is 5.18. The number of nitrogens with one attached hydrogen (secondary N) is 2. The second-order valence-electron chi connectivity index (χ2n) is 3.78. The predicted molar refractivity (Wildman–Crippen MR) is 68.4 cm³/mol. The molecule has 1 amide bonds. The zero-order valence-corrected chi connectivity index (χ0v) is 9.71. The third kappa shape index (κ3) is 3.06. The molecule has 0 atom stereocenters. The van der Waals surface area contributed by atoms with Crippen LogP contribution in [0.5, 0.6) is 0 Å². The second-order valence-corrected chi connectivity index (χ2v) is 3.78. The first kappa shape index (κ1) is 12.6. The van der Waals surface area contributed by atoms with Gasteiger partial charge in [-0.25, -0.2) is 4.79 Å². The number of aromatic carboxylic acids is 1. The highest BCUT2D eigenvalue weighted by Crippen LogP contribution is 2.10. The van der Waals surface area contributed by atoms with Gasteiger partial charge in [0.15, 0.2) is 0 Å². The summed E-state index contributed by atoms with van der Waals surface area (Å²) in [7, 11) is 0. The van der Waals surface area contributed by atoms with Crippen LogP contribution >= 0.6 is 0 Å². The van der Waals surface area contributed by atoms with Gasteiger partial charge in [-0.05, 0) is 30.3 Å². The van der Waals surface area contributed by atoms with Crippen LogP contribution in [0.2, 0.25) is 0 Å². The van der Waals surface area contributed by atoms with Gasteiger partial charge >= 0.3 is 5.97 Å². The standard InChI is InChI=1S/C13H10N2O4/c16-11-7-9(5-6-14-11)12(17)15-10-3-1-8(2-4-10)13(18)19/h1-7H,(H,14,16)(H,15,17)(H,18,19). The molecule has 0 radical (unpaired) electrons. The van der Waals surface area contributed by atoms with Crippen LogP contribution < -0.4 is 10.9 Å². The molecule has 1 heterocycles. The summed E-state index contributed by atoms with van der Waals surface area (Å²) in [4.78, 5) is 35.9. The molecular weight excluding hydrogens is 248 g/mol. The summed E-state index contributed by atoms with van der Waals surface area (Å²) in [6, 6.07) is 8.39. The lowest BCUT2D eigenvalue weighted by Crippen LogP contribution is -2.15. The number of carbonyl (C=O) groups excluding carboxylic acids is 1. The minimum absolute atomic E-state index is 0.133. The monoisotopic (exact) mass is 258 g/mol. The van der Waals surface area contributed by atoms with Gasteiger partial charge in [-0.1, -0.05) is 0 Å². The number of hydrogen-bond donors (Lipinski definition) is 3. The van der Waals surface area contributed by atoms with Gasteiger partial charge < -0.3 is 15.4 Å². The van der Waals surface area contributed by atoms with Crippen molar-refractivity contribution in [3.05, 3.63) is 64.1 Å². The number of pyridine rings is 1. The van der Waals surface area contributed by atoms with Crippen molar-refractivity contribution < 1.29 is 14.7 Å². The smallest absolute Gasteiger partial charge is 0.335 e. The van der Waals surface area contributed by atoms with Gasteiger partial charge in [0.1, 0.15) is 0 Å². The Bertz CT molecular complexity index is 674. The van der Waals surface area contributed by atoms with Crippen LogP contribution in [0.4, 0.5) is 5.69 Å². The number of hydrogen-bond acceptors (Lipinski definition) is 3. The number of rotatable bonds is 3. The molecule has 1 aromatic heterocycles. The maximum Gasteiger partial charge on any atom is 0.335 e. The molecule has 3 N–H and O–H groups in total. The van der Waals surface area contributed by atoms with E-state index in [-0.39, 0.29) is 16.7 Å². The van der Waals surface area contributed by atoms with Gasteiger partial charge in [-0.3, -0.25) is 9.59 Å². The van der Waals surface area contributed by atoms with Crippen LogP contribution in [0.3, 0.4) is 0 Å². The lowest BCUT2D eigenvalue weighted by atomic mass is 10.2. The summed E-state index contributed by atoms with van der Waals surface area (Å²) in [5.74, 6) is -1.47. The van der Waals surface area contributed by atoms with Gasteiger partial charge in [0, 0.05) is 23.5 Å². The molecule has 2 aromatic rings. The molecule has 0 saturated heterocycles. The zero-order chi connectivity index (χ0) is 13.8. The van der Waals surface area contributed by atoms with Crippen molar-refractivity contribution in [2.45, 2.75) is 0 Å². The van der Waals surface area contributed by atoms with E-state index in [2.05, 4.69) is 10.3 Å². The maximum atomic E-state index is 11.8. The Morgan fingerprint density at radius 1 is 1.05 bits per heavy atom. The van der Waals surface area contributed by atoms with Crippen LogP contribution in [-0.2, 0) is 0 Å². The van der Waals surface area contributed by atoms with Crippen molar-refractivity contribution >= 4 is 17.6 Å². The van der Waals surface area contributed by atoms with E-state index in [1.165, 1.54) is 42.6 Å². The SMILES string of the molecule is O=C(O)c1ccc(NC(=O)c2cc[nH]c(=O)c2)cc1. The Kier molecular flexibility index (Phi) is 3.42. The highest BCUT2D eigenvalue weighted by atomic mass is 16.4. The van der Waals surface area contributed by atoms with Gasteiger partial charge in [-0.15, -0.1) is 0 Å². The Balaban J connectivity index is 2.15. The van der Waals surface area contributed by atoms with Crippen molar-refractivity contribution in [3.8, 4) is 0 Å². The molecular formula is C13H10N2O4. The normalized spacial score (nSPS) is 9.89. The van der Waals surface area contributed by atoms with Gasteiger partial charge in [0.2, 0.25) is 5.56 Å². The fourth-order valence-electron chi connectivity index (χ4n) is 1.49. The topological polar surface area (TPSA) is 99.3 Å². The highest BCUT2D eigenvalue weighted by Gasteiger charge is 2.07. The average molecular weight is 258 g/mol.